The molecule has 9 heteroatoms. The standard InChI is InChI=1S/C16H17F2N5O2/c17-16(18)3-8-23(14(24)12-1-4-21-25-12)11-15(16)2-7-22(10-15)13-9-19-5-6-20-13/h1,4-6,9H,2-3,7-8,10-11H2/t15-/m0/s1. The number of aromatic nitrogens is 3. The van der Waals surface area contributed by atoms with Gasteiger partial charge in [0.15, 0.2) is 0 Å². The summed E-state index contributed by atoms with van der Waals surface area (Å²) in [6.07, 6.45) is 5.95. The van der Waals surface area contributed by atoms with Crippen molar-refractivity contribution in [2.45, 2.75) is 18.8 Å². The molecule has 132 valence electrons. The molecule has 0 N–H and O–H groups in total. The van der Waals surface area contributed by atoms with E-state index in [9.17, 15) is 13.6 Å². The fraction of sp³-hybridized carbons (Fsp3) is 0.500. The Hall–Kier alpha value is -2.58. The first-order valence-corrected chi connectivity index (χ1v) is 8.10. The molecule has 2 fully saturated rings. The van der Waals surface area contributed by atoms with Gasteiger partial charge < -0.3 is 14.3 Å². The number of likely N-dealkylation sites (tertiary alicyclic amines) is 1. The Kier molecular flexibility index (Phi) is 3.66. The van der Waals surface area contributed by atoms with Gasteiger partial charge in [-0.25, -0.2) is 13.8 Å². The first kappa shape index (κ1) is 15.9. The predicted octanol–water partition coefficient (Wildman–Crippen LogP) is 1.84. The highest BCUT2D eigenvalue weighted by Gasteiger charge is 2.60. The molecule has 0 radical (unpaired) electrons. The zero-order chi connectivity index (χ0) is 17.5. The van der Waals surface area contributed by atoms with Crippen LogP contribution in [0, 0.1) is 5.41 Å². The first-order chi connectivity index (χ1) is 12.0. The second-order valence-electron chi connectivity index (χ2n) is 6.57. The van der Waals surface area contributed by atoms with Gasteiger partial charge in [0, 0.05) is 51.1 Å². The van der Waals surface area contributed by atoms with E-state index in [0.717, 1.165) is 0 Å². The van der Waals surface area contributed by atoms with Crippen molar-refractivity contribution in [3.8, 4) is 0 Å². The van der Waals surface area contributed by atoms with Crippen LogP contribution >= 0.6 is 0 Å². The summed E-state index contributed by atoms with van der Waals surface area (Å²) in [5, 5.41) is 3.51. The van der Waals surface area contributed by atoms with Crippen molar-refractivity contribution >= 4 is 11.7 Å². The molecule has 4 heterocycles. The summed E-state index contributed by atoms with van der Waals surface area (Å²) in [7, 11) is 0. The molecule has 2 saturated heterocycles. The van der Waals surface area contributed by atoms with Crippen molar-refractivity contribution in [3.05, 3.63) is 36.6 Å². The van der Waals surface area contributed by atoms with Crippen LogP contribution in [0.1, 0.15) is 23.4 Å². The van der Waals surface area contributed by atoms with E-state index >= 15 is 0 Å². The lowest BCUT2D eigenvalue weighted by atomic mass is 9.75. The molecule has 7 nitrogen and oxygen atoms in total. The first-order valence-electron chi connectivity index (χ1n) is 8.10. The molecule has 2 aromatic rings. The molecule has 2 aliphatic rings. The average molecular weight is 349 g/mol. The number of alkyl halides is 2. The minimum Gasteiger partial charge on any atom is -0.354 e. The average Bonchev–Trinajstić information content (AvgIpc) is 3.29. The second kappa shape index (κ2) is 5.75. The zero-order valence-electron chi connectivity index (χ0n) is 13.4. The van der Waals surface area contributed by atoms with E-state index in [1.807, 2.05) is 4.90 Å². The molecular formula is C16H17F2N5O2. The van der Waals surface area contributed by atoms with Crippen LogP contribution in [0.2, 0.25) is 0 Å². The highest BCUT2D eigenvalue weighted by atomic mass is 19.3. The van der Waals surface area contributed by atoms with Crippen LogP contribution in [0.5, 0.6) is 0 Å². The fourth-order valence-corrected chi connectivity index (χ4v) is 3.71. The van der Waals surface area contributed by atoms with Crippen molar-refractivity contribution in [3.63, 3.8) is 0 Å². The highest BCUT2D eigenvalue weighted by molar-refractivity contribution is 5.91. The summed E-state index contributed by atoms with van der Waals surface area (Å²) in [6.45, 7) is 0.577. The zero-order valence-corrected chi connectivity index (χ0v) is 13.4. The van der Waals surface area contributed by atoms with Gasteiger partial charge >= 0.3 is 0 Å². The van der Waals surface area contributed by atoms with Crippen molar-refractivity contribution in [2.24, 2.45) is 5.41 Å². The smallest absolute Gasteiger partial charge is 0.292 e. The van der Waals surface area contributed by atoms with E-state index in [1.54, 1.807) is 18.6 Å². The van der Waals surface area contributed by atoms with Gasteiger partial charge in [0.1, 0.15) is 5.82 Å². The molecule has 0 saturated carbocycles. The molecule has 0 unspecified atom stereocenters. The summed E-state index contributed by atoms with van der Waals surface area (Å²) >= 11 is 0. The lowest BCUT2D eigenvalue weighted by molar-refractivity contribution is -0.150. The van der Waals surface area contributed by atoms with Crippen LogP contribution < -0.4 is 4.90 Å². The summed E-state index contributed by atoms with van der Waals surface area (Å²) in [4.78, 5) is 23.9. The molecule has 25 heavy (non-hydrogen) atoms. The van der Waals surface area contributed by atoms with E-state index in [1.165, 1.54) is 17.2 Å². The van der Waals surface area contributed by atoms with Gasteiger partial charge in [-0.1, -0.05) is 5.16 Å². The topological polar surface area (TPSA) is 75.4 Å². The van der Waals surface area contributed by atoms with Crippen LogP contribution in [0.25, 0.3) is 0 Å². The maximum atomic E-state index is 14.8. The number of rotatable bonds is 2. The fourth-order valence-electron chi connectivity index (χ4n) is 3.71. The lowest BCUT2D eigenvalue weighted by Gasteiger charge is -2.45. The van der Waals surface area contributed by atoms with Crippen LogP contribution in [0.4, 0.5) is 14.6 Å². The third kappa shape index (κ3) is 2.63. The second-order valence-corrected chi connectivity index (χ2v) is 6.57. The van der Waals surface area contributed by atoms with Gasteiger partial charge in [-0.3, -0.25) is 9.78 Å². The van der Waals surface area contributed by atoms with Crippen LogP contribution in [-0.4, -0.2) is 58.0 Å². The number of anilines is 1. The van der Waals surface area contributed by atoms with E-state index in [0.29, 0.717) is 12.4 Å². The summed E-state index contributed by atoms with van der Waals surface area (Å²) < 4.78 is 34.5. The number of amides is 1. The quantitative estimate of drug-likeness (QED) is 0.824. The normalized spacial score (nSPS) is 25.5. The molecule has 4 rings (SSSR count). The van der Waals surface area contributed by atoms with Crippen LogP contribution in [0.3, 0.4) is 0 Å². The third-order valence-corrected chi connectivity index (χ3v) is 5.13. The van der Waals surface area contributed by atoms with Crippen LogP contribution in [-0.2, 0) is 0 Å². The number of halogens is 2. The van der Waals surface area contributed by atoms with Gasteiger partial charge in [0.25, 0.3) is 11.8 Å². The van der Waals surface area contributed by atoms with Crippen molar-refractivity contribution < 1.29 is 18.1 Å². The van der Waals surface area contributed by atoms with E-state index in [2.05, 4.69) is 15.1 Å². The minimum atomic E-state index is -2.85. The van der Waals surface area contributed by atoms with Gasteiger partial charge in [0.05, 0.1) is 17.8 Å². The van der Waals surface area contributed by atoms with Gasteiger partial charge in [-0.15, -0.1) is 0 Å². The highest BCUT2D eigenvalue weighted by Crippen LogP contribution is 2.50. The van der Waals surface area contributed by atoms with E-state index < -0.39 is 17.2 Å². The van der Waals surface area contributed by atoms with Gasteiger partial charge in [0.2, 0.25) is 5.76 Å². The molecule has 0 bridgehead atoms. The Morgan fingerprint density at radius 2 is 2.04 bits per heavy atom. The largest absolute Gasteiger partial charge is 0.354 e. The number of carbonyl (C=O) groups is 1. The van der Waals surface area contributed by atoms with Gasteiger partial charge in [-0.05, 0) is 6.42 Å². The number of nitrogens with zero attached hydrogens (tertiary/aromatic N) is 5. The molecule has 2 aromatic heterocycles. The maximum Gasteiger partial charge on any atom is 0.292 e. The molecule has 0 aromatic carbocycles. The molecule has 1 amide bonds. The number of piperidine rings is 1. The summed E-state index contributed by atoms with van der Waals surface area (Å²) in [5.74, 6) is -2.59. The third-order valence-electron chi connectivity index (χ3n) is 5.13. The monoisotopic (exact) mass is 349 g/mol. The van der Waals surface area contributed by atoms with E-state index in [4.69, 9.17) is 4.52 Å². The Balaban J connectivity index is 1.57. The lowest BCUT2D eigenvalue weighted by Crippen LogP contribution is -2.58. The molecular weight excluding hydrogens is 332 g/mol. The number of hydrogen-bond donors (Lipinski definition) is 0. The SMILES string of the molecule is O=C(c1ccno1)N1CCC(F)(F)[C@]2(CCN(c3cnccn3)C2)C1. The Labute approximate surface area is 142 Å². The number of carbonyl (C=O) groups excluding carboxylic acids is 1. The summed E-state index contributed by atoms with van der Waals surface area (Å²) in [6, 6.07) is 1.45. The van der Waals surface area contributed by atoms with Crippen molar-refractivity contribution in [2.75, 3.05) is 31.1 Å². The maximum absolute atomic E-state index is 14.8. The predicted molar refractivity (Wildman–Crippen MR) is 83.3 cm³/mol. The van der Waals surface area contributed by atoms with Crippen molar-refractivity contribution in [1.29, 1.82) is 0 Å². The van der Waals surface area contributed by atoms with Gasteiger partial charge in [-0.2, -0.15) is 0 Å². The van der Waals surface area contributed by atoms with Crippen molar-refractivity contribution in [1.82, 2.24) is 20.0 Å². The molecule has 0 aliphatic carbocycles. The Morgan fingerprint density at radius 3 is 2.76 bits per heavy atom. The Morgan fingerprint density at radius 1 is 1.16 bits per heavy atom. The number of hydrogen-bond acceptors (Lipinski definition) is 6. The van der Waals surface area contributed by atoms with Crippen LogP contribution in [0.15, 0.2) is 35.4 Å². The molecule has 1 spiro atoms. The molecule has 2 aliphatic heterocycles. The minimum absolute atomic E-state index is 0.000570. The molecule has 1 atom stereocenters. The van der Waals surface area contributed by atoms with E-state index in [-0.39, 0.29) is 38.2 Å². The summed E-state index contributed by atoms with van der Waals surface area (Å²) in [5.41, 5.74) is -1.29. The Bertz CT molecular complexity index is 755.